The topological polar surface area (TPSA) is 109 Å². The summed E-state index contributed by atoms with van der Waals surface area (Å²) in [4.78, 5) is -0.265. The summed E-state index contributed by atoms with van der Waals surface area (Å²) < 4.78 is 66.9. The number of aryl methyl sites for hydroxylation is 1. The van der Waals surface area contributed by atoms with E-state index in [1.54, 1.807) is 18.2 Å². The van der Waals surface area contributed by atoms with Gasteiger partial charge in [0.25, 0.3) is 20.2 Å². The summed E-state index contributed by atoms with van der Waals surface area (Å²) in [6, 6.07) is 53.9. The zero-order chi connectivity index (χ0) is 39.7. The van der Waals surface area contributed by atoms with Gasteiger partial charge in [0.15, 0.2) is 0 Å². The van der Waals surface area contributed by atoms with Crippen LogP contribution in [0.5, 0.6) is 0 Å². The first-order valence-electron chi connectivity index (χ1n) is 18.5. The normalized spacial score (nSPS) is 14.3. The van der Waals surface area contributed by atoms with E-state index >= 15 is 0 Å². The van der Waals surface area contributed by atoms with Crippen molar-refractivity contribution in [1.82, 2.24) is 0 Å². The largest absolute Gasteiger partial charge is 0.294 e. The van der Waals surface area contributed by atoms with E-state index < -0.39 is 20.2 Å². The molecule has 0 aliphatic heterocycles. The summed E-state index contributed by atoms with van der Waals surface area (Å²) in [6.07, 6.45) is 5.34. The van der Waals surface area contributed by atoms with E-state index in [2.05, 4.69) is 85.8 Å². The monoisotopic (exact) mass is 786 g/mol. The molecule has 0 radical (unpaired) electrons. The SMILES string of the molecule is Cc1cc(C2C=CC(S(=O)(=O)O)=CC2)c(-c2ccc(-c3cc(-c4ccc(S(=O)(=O)O)cc4)ccc3-c3ccccc3)cc2)c(-c2ccccc2)c1-c1ccccc1. The second-order valence-electron chi connectivity index (χ2n) is 14.1. The fourth-order valence-electron chi connectivity index (χ4n) is 7.81. The van der Waals surface area contributed by atoms with Gasteiger partial charge in [-0.3, -0.25) is 9.11 Å². The quantitative estimate of drug-likeness (QED) is 0.141. The molecule has 7 aromatic rings. The van der Waals surface area contributed by atoms with E-state index in [-0.39, 0.29) is 15.7 Å². The molecule has 8 rings (SSSR count). The molecule has 0 saturated carbocycles. The summed E-state index contributed by atoms with van der Waals surface area (Å²) in [6.45, 7) is 2.12. The maximum atomic E-state index is 12.0. The van der Waals surface area contributed by atoms with Crippen molar-refractivity contribution in [2.24, 2.45) is 0 Å². The Kier molecular flexibility index (Phi) is 10.2. The summed E-state index contributed by atoms with van der Waals surface area (Å²) in [5, 5.41) is 0. The first-order chi connectivity index (χ1) is 27.5. The molecule has 282 valence electrons. The molecular formula is C49H38O6S2. The molecule has 0 fully saturated rings. The van der Waals surface area contributed by atoms with Crippen LogP contribution < -0.4 is 0 Å². The van der Waals surface area contributed by atoms with Gasteiger partial charge in [-0.05, 0) is 116 Å². The third kappa shape index (κ3) is 7.81. The standard InChI is InChI=1S/C49H38O6S2/c1-33-31-46(37-23-28-43(29-24-37)57(53,54)55)48(49(39-15-9-4-10-16-39)47(33)38-13-7-3-8-14-38)40-19-17-36(18-20-40)45-32-41(25-30-44(45)35-11-5-2-6-12-35)34-21-26-42(27-22-34)56(50,51)52/h2-23,25-32,37H,24H2,1H3,(H,50,51,52)(H,53,54,55). The zero-order valence-corrected chi connectivity index (χ0v) is 32.6. The van der Waals surface area contributed by atoms with E-state index in [0.29, 0.717) is 6.42 Å². The van der Waals surface area contributed by atoms with Gasteiger partial charge in [0.05, 0.1) is 9.80 Å². The molecule has 6 nitrogen and oxygen atoms in total. The molecule has 1 atom stereocenters. The van der Waals surface area contributed by atoms with Gasteiger partial charge >= 0.3 is 0 Å². The number of hydrogen-bond acceptors (Lipinski definition) is 4. The van der Waals surface area contributed by atoms with Crippen molar-refractivity contribution >= 4 is 20.2 Å². The Morgan fingerprint density at radius 3 is 1.51 bits per heavy atom. The molecule has 0 saturated heterocycles. The van der Waals surface area contributed by atoms with Gasteiger partial charge in [-0.1, -0.05) is 158 Å². The lowest BCUT2D eigenvalue weighted by Crippen LogP contribution is -2.08. The molecule has 0 aromatic heterocycles. The molecule has 1 aliphatic carbocycles. The maximum Gasteiger partial charge on any atom is 0.294 e. The molecule has 1 unspecified atom stereocenters. The molecule has 57 heavy (non-hydrogen) atoms. The van der Waals surface area contributed by atoms with E-state index in [1.165, 1.54) is 18.2 Å². The van der Waals surface area contributed by atoms with Crippen LogP contribution in [0.3, 0.4) is 0 Å². The minimum absolute atomic E-state index is 0.101. The molecule has 8 heteroatoms. The smallest absolute Gasteiger partial charge is 0.282 e. The van der Waals surface area contributed by atoms with E-state index in [9.17, 15) is 25.9 Å². The number of hydrogen-bond donors (Lipinski definition) is 2. The lowest BCUT2D eigenvalue weighted by Gasteiger charge is -2.26. The Balaban J connectivity index is 1.32. The molecule has 1 aliphatic rings. The highest BCUT2D eigenvalue weighted by atomic mass is 32.2. The van der Waals surface area contributed by atoms with Crippen LogP contribution in [0.25, 0.3) is 66.8 Å². The van der Waals surface area contributed by atoms with Crippen LogP contribution in [0.1, 0.15) is 23.5 Å². The third-order valence-corrected chi connectivity index (χ3v) is 12.3. The summed E-state index contributed by atoms with van der Waals surface area (Å²) in [5.74, 6) is -0.162. The minimum Gasteiger partial charge on any atom is -0.282 e. The van der Waals surface area contributed by atoms with Crippen molar-refractivity contribution < 1.29 is 25.9 Å². The molecule has 0 heterocycles. The molecular weight excluding hydrogens is 749 g/mol. The molecule has 0 spiro atoms. The van der Waals surface area contributed by atoms with Crippen LogP contribution in [0.2, 0.25) is 0 Å². The van der Waals surface area contributed by atoms with Crippen molar-refractivity contribution in [1.29, 1.82) is 0 Å². The van der Waals surface area contributed by atoms with Crippen molar-refractivity contribution in [3.05, 3.63) is 198 Å². The van der Waals surface area contributed by atoms with Crippen LogP contribution >= 0.6 is 0 Å². The lowest BCUT2D eigenvalue weighted by molar-refractivity contribution is 0.482. The van der Waals surface area contributed by atoms with E-state index in [4.69, 9.17) is 0 Å². The summed E-state index contributed by atoms with van der Waals surface area (Å²) in [5.41, 5.74) is 14.2. The Bertz CT molecular complexity index is 2880. The van der Waals surface area contributed by atoms with Crippen molar-refractivity contribution in [2.45, 2.75) is 24.2 Å². The summed E-state index contributed by atoms with van der Waals surface area (Å²) in [7, 11) is -8.66. The van der Waals surface area contributed by atoms with Crippen molar-refractivity contribution in [3.63, 3.8) is 0 Å². The predicted octanol–water partition coefficient (Wildman–Crippen LogP) is 12.1. The highest BCUT2D eigenvalue weighted by molar-refractivity contribution is 7.90. The minimum atomic E-state index is -4.34. The average molecular weight is 787 g/mol. The average Bonchev–Trinajstić information content (AvgIpc) is 3.23. The highest BCUT2D eigenvalue weighted by Gasteiger charge is 2.26. The predicted molar refractivity (Wildman–Crippen MR) is 230 cm³/mol. The van der Waals surface area contributed by atoms with Gasteiger partial charge in [0.2, 0.25) is 0 Å². The van der Waals surface area contributed by atoms with Gasteiger partial charge in [-0.2, -0.15) is 16.8 Å². The van der Waals surface area contributed by atoms with Crippen LogP contribution in [0.15, 0.2) is 192 Å². The van der Waals surface area contributed by atoms with Gasteiger partial charge in [-0.25, -0.2) is 0 Å². The number of benzene rings is 7. The molecule has 0 amide bonds. The first-order valence-corrected chi connectivity index (χ1v) is 21.4. The lowest BCUT2D eigenvalue weighted by atomic mass is 9.77. The van der Waals surface area contributed by atoms with Gasteiger partial charge in [0, 0.05) is 5.92 Å². The van der Waals surface area contributed by atoms with E-state index in [0.717, 1.165) is 77.9 Å². The van der Waals surface area contributed by atoms with Crippen molar-refractivity contribution in [3.8, 4) is 66.8 Å². The summed E-state index contributed by atoms with van der Waals surface area (Å²) >= 11 is 0. The van der Waals surface area contributed by atoms with Crippen LogP contribution in [0.4, 0.5) is 0 Å². The number of allylic oxidation sites excluding steroid dienone is 3. The van der Waals surface area contributed by atoms with E-state index in [1.807, 2.05) is 66.7 Å². The Morgan fingerprint density at radius 2 is 0.965 bits per heavy atom. The molecule has 0 bridgehead atoms. The van der Waals surface area contributed by atoms with Crippen LogP contribution in [-0.4, -0.2) is 25.9 Å². The second-order valence-corrected chi connectivity index (χ2v) is 17.0. The Labute approximate surface area is 333 Å². The fraction of sp³-hybridized carbons (Fsp3) is 0.0612. The van der Waals surface area contributed by atoms with Crippen LogP contribution in [0, 0.1) is 6.92 Å². The molecule has 7 aromatic carbocycles. The Morgan fingerprint density at radius 1 is 0.474 bits per heavy atom. The third-order valence-electron chi connectivity index (χ3n) is 10.5. The Hall–Kier alpha value is -6.16. The van der Waals surface area contributed by atoms with Crippen molar-refractivity contribution in [2.75, 3.05) is 0 Å². The number of rotatable bonds is 9. The highest BCUT2D eigenvalue weighted by Crippen LogP contribution is 2.48. The van der Waals surface area contributed by atoms with Gasteiger partial charge < -0.3 is 0 Å². The maximum absolute atomic E-state index is 12.0. The second kappa shape index (κ2) is 15.4. The fourth-order valence-corrected chi connectivity index (χ4v) is 8.85. The molecule has 2 N–H and O–H groups in total. The zero-order valence-electron chi connectivity index (χ0n) is 30.9. The van der Waals surface area contributed by atoms with Gasteiger partial charge in [-0.15, -0.1) is 0 Å². The van der Waals surface area contributed by atoms with Crippen LogP contribution in [-0.2, 0) is 20.2 Å². The first kappa shape index (κ1) is 37.7. The van der Waals surface area contributed by atoms with Gasteiger partial charge in [0.1, 0.15) is 0 Å².